The Balaban J connectivity index is 1.48. The average Bonchev–Trinajstić information content (AvgIpc) is 3.10. The molecule has 0 radical (unpaired) electrons. The lowest BCUT2D eigenvalue weighted by atomic mass is 10.1. The highest BCUT2D eigenvalue weighted by atomic mass is 79.9. The summed E-state index contributed by atoms with van der Waals surface area (Å²) in [6.45, 7) is 3.32. The van der Waals surface area contributed by atoms with Crippen LogP contribution in [0, 0.1) is 19.8 Å². The second kappa shape index (κ2) is 9.74. The zero-order valence-electron chi connectivity index (χ0n) is 17.1. The Morgan fingerprint density at radius 3 is 2.52 bits per heavy atom. The van der Waals surface area contributed by atoms with Crippen LogP contribution in [0.5, 0.6) is 0 Å². The first-order valence-electron chi connectivity index (χ1n) is 9.63. The summed E-state index contributed by atoms with van der Waals surface area (Å²) in [6, 6.07) is 12.2. The number of ether oxygens (including phenoxy) is 1. The Bertz CT molecular complexity index is 1020. The number of esters is 1. The number of hydrogen-bond acceptors (Lipinski definition) is 5. The van der Waals surface area contributed by atoms with E-state index >= 15 is 0 Å². The summed E-state index contributed by atoms with van der Waals surface area (Å²) < 4.78 is 5.98. The number of carbonyl (C=O) groups excluding carboxylic acids is 4. The van der Waals surface area contributed by atoms with Gasteiger partial charge in [0.2, 0.25) is 5.91 Å². The van der Waals surface area contributed by atoms with Gasteiger partial charge in [-0.3, -0.25) is 29.6 Å². The normalized spacial score (nSPS) is 15.5. The zero-order chi connectivity index (χ0) is 22.5. The van der Waals surface area contributed by atoms with Gasteiger partial charge in [-0.05, 0) is 49.7 Å². The molecule has 0 aliphatic carbocycles. The summed E-state index contributed by atoms with van der Waals surface area (Å²) in [4.78, 5) is 48.8. The number of hydrogen-bond donors (Lipinski definition) is 2. The summed E-state index contributed by atoms with van der Waals surface area (Å²) in [7, 11) is 0. The Hall–Kier alpha value is -3.20. The molecule has 9 heteroatoms. The predicted molar refractivity (Wildman–Crippen MR) is 117 cm³/mol. The number of carbonyl (C=O) groups is 4. The van der Waals surface area contributed by atoms with Gasteiger partial charge in [-0.2, -0.15) is 0 Å². The number of benzene rings is 2. The quantitative estimate of drug-likeness (QED) is 0.609. The molecule has 3 rings (SSSR count). The first-order chi connectivity index (χ1) is 14.7. The van der Waals surface area contributed by atoms with Gasteiger partial charge in [0.15, 0.2) is 6.61 Å². The van der Waals surface area contributed by atoms with Crippen LogP contribution in [0.15, 0.2) is 46.9 Å². The lowest BCUT2D eigenvalue weighted by molar-refractivity contribution is -0.151. The molecule has 162 valence electrons. The molecule has 2 N–H and O–H groups in total. The van der Waals surface area contributed by atoms with Crippen molar-refractivity contribution < 1.29 is 23.9 Å². The van der Waals surface area contributed by atoms with Gasteiger partial charge in [-0.15, -0.1) is 0 Å². The molecule has 1 saturated heterocycles. The van der Waals surface area contributed by atoms with Crippen molar-refractivity contribution in [3.05, 3.63) is 63.6 Å². The van der Waals surface area contributed by atoms with E-state index in [0.717, 1.165) is 20.6 Å². The lowest BCUT2D eigenvalue weighted by Crippen LogP contribution is -2.43. The molecular weight excluding hydrogens is 466 g/mol. The van der Waals surface area contributed by atoms with Crippen LogP contribution in [0.1, 0.15) is 27.9 Å². The second-order valence-corrected chi connectivity index (χ2v) is 8.19. The number of nitrogens with one attached hydrogen (secondary N) is 2. The smallest absolute Gasteiger partial charge is 0.311 e. The number of amides is 3. The average molecular weight is 488 g/mol. The zero-order valence-corrected chi connectivity index (χ0v) is 18.7. The molecule has 0 spiro atoms. The Morgan fingerprint density at radius 1 is 1.13 bits per heavy atom. The minimum Gasteiger partial charge on any atom is -0.455 e. The highest BCUT2D eigenvalue weighted by Crippen LogP contribution is 2.20. The van der Waals surface area contributed by atoms with Crippen LogP contribution < -0.4 is 10.7 Å². The van der Waals surface area contributed by atoms with E-state index in [4.69, 9.17) is 4.74 Å². The number of anilines is 1. The van der Waals surface area contributed by atoms with E-state index in [1.807, 2.05) is 13.8 Å². The van der Waals surface area contributed by atoms with Crippen molar-refractivity contribution >= 4 is 45.3 Å². The van der Waals surface area contributed by atoms with Crippen LogP contribution in [-0.4, -0.2) is 41.9 Å². The molecule has 0 bridgehead atoms. The molecule has 1 aliphatic rings. The van der Waals surface area contributed by atoms with Crippen molar-refractivity contribution in [2.75, 3.05) is 18.5 Å². The Morgan fingerprint density at radius 2 is 1.84 bits per heavy atom. The summed E-state index contributed by atoms with van der Waals surface area (Å²) >= 11 is 3.38. The van der Waals surface area contributed by atoms with E-state index in [2.05, 4.69) is 26.7 Å². The van der Waals surface area contributed by atoms with E-state index in [-0.39, 0.29) is 13.0 Å². The van der Waals surface area contributed by atoms with Crippen molar-refractivity contribution in [1.82, 2.24) is 10.4 Å². The van der Waals surface area contributed by atoms with E-state index < -0.39 is 36.2 Å². The van der Waals surface area contributed by atoms with Crippen molar-refractivity contribution in [2.45, 2.75) is 20.3 Å². The Labute approximate surface area is 188 Å². The van der Waals surface area contributed by atoms with Gasteiger partial charge < -0.3 is 10.1 Å². The Kier molecular flexibility index (Phi) is 7.06. The fourth-order valence-corrected chi connectivity index (χ4v) is 3.29. The maximum atomic E-state index is 12.3. The SMILES string of the molecule is Cc1ccc(C(=O)NN2C[C@@H](C(=O)OCC(=O)Nc3ccc(Br)c(C)c3)CC2=O)cc1. The molecule has 1 atom stereocenters. The minimum absolute atomic E-state index is 0.0111. The van der Waals surface area contributed by atoms with Gasteiger partial charge >= 0.3 is 5.97 Å². The molecule has 0 aromatic heterocycles. The molecule has 31 heavy (non-hydrogen) atoms. The molecule has 2 aromatic carbocycles. The van der Waals surface area contributed by atoms with E-state index in [1.165, 1.54) is 0 Å². The van der Waals surface area contributed by atoms with Gasteiger partial charge in [0.1, 0.15) is 0 Å². The van der Waals surface area contributed by atoms with Gasteiger partial charge in [-0.1, -0.05) is 33.6 Å². The van der Waals surface area contributed by atoms with Crippen LogP contribution in [0.4, 0.5) is 5.69 Å². The topological polar surface area (TPSA) is 105 Å². The van der Waals surface area contributed by atoms with Gasteiger partial charge in [-0.25, -0.2) is 0 Å². The van der Waals surface area contributed by atoms with Crippen LogP contribution in [0.3, 0.4) is 0 Å². The third-order valence-electron chi connectivity index (χ3n) is 4.80. The number of halogens is 1. The first-order valence-corrected chi connectivity index (χ1v) is 10.4. The molecule has 2 aromatic rings. The standard InChI is InChI=1S/C22H22BrN3O5/c1-13-3-5-15(6-4-13)21(29)25-26-11-16(10-20(26)28)22(30)31-12-19(27)24-17-7-8-18(23)14(2)9-17/h3-9,16H,10-12H2,1-2H3,(H,24,27)(H,25,29)/t16-/m0/s1. The third-order valence-corrected chi connectivity index (χ3v) is 5.69. The number of rotatable bonds is 6. The first kappa shape index (κ1) is 22.5. The molecule has 1 heterocycles. The molecule has 1 aliphatic heterocycles. The highest BCUT2D eigenvalue weighted by Gasteiger charge is 2.36. The lowest BCUT2D eigenvalue weighted by Gasteiger charge is -2.17. The van der Waals surface area contributed by atoms with Crippen LogP contribution in [-0.2, 0) is 19.1 Å². The largest absolute Gasteiger partial charge is 0.455 e. The summed E-state index contributed by atoms with van der Waals surface area (Å²) in [5.41, 5.74) is 5.46. The summed E-state index contributed by atoms with van der Waals surface area (Å²) in [5.74, 6) is -2.73. The number of aryl methyl sites for hydroxylation is 2. The fourth-order valence-electron chi connectivity index (χ4n) is 3.04. The third kappa shape index (κ3) is 5.91. The predicted octanol–water partition coefficient (Wildman–Crippen LogP) is 2.74. The minimum atomic E-state index is -0.756. The van der Waals surface area contributed by atoms with Crippen LogP contribution in [0.2, 0.25) is 0 Å². The van der Waals surface area contributed by atoms with E-state index in [9.17, 15) is 19.2 Å². The van der Waals surface area contributed by atoms with Gasteiger partial charge in [0.25, 0.3) is 11.8 Å². The molecule has 1 fully saturated rings. The van der Waals surface area contributed by atoms with Crippen LogP contribution in [0.25, 0.3) is 0 Å². The van der Waals surface area contributed by atoms with E-state index in [1.54, 1.807) is 42.5 Å². The summed E-state index contributed by atoms with van der Waals surface area (Å²) in [6.07, 6.45) is -0.0967. The van der Waals surface area contributed by atoms with Crippen molar-refractivity contribution in [1.29, 1.82) is 0 Å². The van der Waals surface area contributed by atoms with E-state index in [0.29, 0.717) is 11.3 Å². The van der Waals surface area contributed by atoms with Crippen molar-refractivity contribution in [3.8, 4) is 0 Å². The molecule has 8 nitrogen and oxygen atoms in total. The maximum absolute atomic E-state index is 12.3. The number of hydrazine groups is 1. The number of nitrogens with zero attached hydrogens (tertiary/aromatic N) is 1. The fraction of sp³-hybridized carbons (Fsp3) is 0.273. The maximum Gasteiger partial charge on any atom is 0.311 e. The van der Waals surface area contributed by atoms with Crippen LogP contribution >= 0.6 is 15.9 Å². The molecule has 0 unspecified atom stereocenters. The van der Waals surface area contributed by atoms with Gasteiger partial charge in [0, 0.05) is 22.1 Å². The molecule has 0 saturated carbocycles. The highest BCUT2D eigenvalue weighted by molar-refractivity contribution is 9.10. The molecular formula is C22H22BrN3O5. The molecule has 3 amide bonds. The monoisotopic (exact) mass is 487 g/mol. The van der Waals surface area contributed by atoms with Crippen molar-refractivity contribution in [3.63, 3.8) is 0 Å². The van der Waals surface area contributed by atoms with Gasteiger partial charge in [0.05, 0.1) is 12.5 Å². The summed E-state index contributed by atoms with van der Waals surface area (Å²) in [5, 5.41) is 3.76. The van der Waals surface area contributed by atoms with Crippen molar-refractivity contribution in [2.24, 2.45) is 5.92 Å². The second-order valence-electron chi connectivity index (χ2n) is 7.33.